The molecule has 0 saturated heterocycles. The Morgan fingerprint density at radius 3 is 2.32 bits per heavy atom. The number of esters is 1. The molecule has 0 unspecified atom stereocenters. The summed E-state index contributed by atoms with van der Waals surface area (Å²) in [5, 5.41) is 2.68. The van der Waals surface area contributed by atoms with E-state index in [2.05, 4.69) is 20.0 Å². The van der Waals surface area contributed by atoms with Crippen molar-refractivity contribution in [1.29, 1.82) is 0 Å². The standard InChI is InChI=1S/C25H27N3O8S/c1-16(15-33-2)35-22-12-18(25(30)27-21-10-5-17(14-26-21)11-24(29)34-3)13-23(28-22)36-19-6-8-20(9-7-19)37(4,31)32/h5-10,12-14,16H,11,15H2,1-4H3,(H,26,27,30)/t16-/m1/s1. The Labute approximate surface area is 214 Å². The Morgan fingerprint density at radius 1 is 1.03 bits per heavy atom. The van der Waals surface area contributed by atoms with Gasteiger partial charge in [0, 0.05) is 31.7 Å². The highest BCUT2D eigenvalue weighted by Gasteiger charge is 2.16. The maximum Gasteiger partial charge on any atom is 0.310 e. The molecule has 0 fully saturated rings. The quantitative estimate of drug-likeness (QED) is 0.368. The summed E-state index contributed by atoms with van der Waals surface area (Å²) in [6.45, 7) is 2.07. The van der Waals surface area contributed by atoms with Crippen LogP contribution in [0.25, 0.3) is 0 Å². The van der Waals surface area contributed by atoms with Crippen LogP contribution in [-0.2, 0) is 30.5 Å². The molecule has 3 rings (SSSR count). The molecule has 0 aliphatic rings. The number of hydrogen-bond acceptors (Lipinski definition) is 10. The second-order valence-electron chi connectivity index (χ2n) is 8.02. The summed E-state index contributed by atoms with van der Waals surface area (Å²) in [4.78, 5) is 33.0. The van der Waals surface area contributed by atoms with Gasteiger partial charge < -0.3 is 24.3 Å². The number of carbonyl (C=O) groups excluding carboxylic acids is 2. The van der Waals surface area contributed by atoms with Gasteiger partial charge in [-0.15, -0.1) is 0 Å². The van der Waals surface area contributed by atoms with Crippen molar-refractivity contribution in [2.75, 3.05) is 32.4 Å². The van der Waals surface area contributed by atoms with Crippen molar-refractivity contribution < 1.29 is 37.0 Å². The largest absolute Gasteiger partial charge is 0.472 e. The van der Waals surface area contributed by atoms with Crippen molar-refractivity contribution >= 4 is 27.5 Å². The van der Waals surface area contributed by atoms with Crippen LogP contribution >= 0.6 is 0 Å². The number of benzene rings is 1. The molecule has 37 heavy (non-hydrogen) atoms. The molecule has 2 heterocycles. The van der Waals surface area contributed by atoms with Gasteiger partial charge in [-0.2, -0.15) is 4.98 Å². The summed E-state index contributed by atoms with van der Waals surface area (Å²) in [7, 11) is -0.523. The van der Waals surface area contributed by atoms with Gasteiger partial charge in [-0.05, 0) is 42.8 Å². The van der Waals surface area contributed by atoms with Crippen LogP contribution in [0.3, 0.4) is 0 Å². The van der Waals surface area contributed by atoms with Crippen molar-refractivity contribution in [3.05, 3.63) is 65.9 Å². The smallest absolute Gasteiger partial charge is 0.310 e. The fourth-order valence-electron chi connectivity index (χ4n) is 3.11. The van der Waals surface area contributed by atoms with E-state index >= 15 is 0 Å². The minimum Gasteiger partial charge on any atom is -0.472 e. The predicted molar refractivity (Wildman–Crippen MR) is 134 cm³/mol. The fraction of sp³-hybridized carbons (Fsp3) is 0.280. The summed E-state index contributed by atoms with van der Waals surface area (Å²) in [6, 6.07) is 11.9. The number of nitrogens with one attached hydrogen (secondary N) is 1. The van der Waals surface area contributed by atoms with Crippen molar-refractivity contribution in [2.24, 2.45) is 0 Å². The van der Waals surface area contributed by atoms with Crippen LogP contribution in [0.2, 0.25) is 0 Å². The molecule has 3 aromatic rings. The number of carbonyl (C=O) groups is 2. The first kappa shape index (κ1) is 27.6. The number of nitrogens with zero attached hydrogens (tertiary/aromatic N) is 2. The Hall–Kier alpha value is -4.03. The Balaban J connectivity index is 1.83. The molecule has 0 bridgehead atoms. The van der Waals surface area contributed by atoms with Crippen LogP contribution in [0.15, 0.2) is 59.6 Å². The Morgan fingerprint density at radius 2 is 1.73 bits per heavy atom. The predicted octanol–water partition coefficient (Wildman–Crippen LogP) is 3.05. The molecule has 0 radical (unpaired) electrons. The van der Waals surface area contributed by atoms with Gasteiger partial charge in [0.15, 0.2) is 9.84 Å². The maximum absolute atomic E-state index is 13.0. The van der Waals surface area contributed by atoms with E-state index in [1.165, 1.54) is 56.8 Å². The third-order valence-electron chi connectivity index (χ3n) is 4.88. The minimum atomic E-state index is -3.36. The van der Waals surface area contributed by atoms with E-state index in [1.54, 1.807) is 19.1 Å². The molecular formula is C25H27N3O8S. The van der Waals surface area contributed by atoms with Crippen molar-refractivity contribution in [3.63, 3.8) is 0 Å². The number of methoxy groups -OCH3 is 2. The van der Waals surface area contributed by atoms with E-state index in [9.17, 15) is 18.0 Å². The van der Waals surface area contributed by atoms with Gasteiger partial charge in [0.2, 0.25) is 11.8 Å². The van der Waals surface area contributed by atoms with Crippen LogP contribution < -0.4 is 14.8 Å². The highest BCUT2D eigenvalue weighted by atomic mass is 32.2. The van der Waals surface area contributed by atoms with E-state index in [0.717, 1.165) is 6.26 Å². The molecule has 1 amide bonds. The number of sulfone groups is 1. The molecule has 2 aromatic heterocycles. The first-order valence-corrected chi connectivity index (χ1v) is 12.9. The number of pyridine rings is 2. The van der Waals surface area contributed by atoms with Gasteiger partial charge in [0.1, 0.15) is 17.7 Å². The summed E-state index contributed by atoms with van der Waals surface area (Å²) >= 11 is 0. The molecule has 0 aliphatic carbocycles. The normalized spacial score (nSPS) is 11.9. The lowest BCUT2D eigenvalue weighted by atomic mass is 10.2. The van der Waals surface area contributed by atoms with Gasteiger partial charge >= 0.3 is 5.97 Å². The van der Waals surface area contributed by atoms with Crippen molar-refractivity contribution in [1.82, 2.24) is 9.97 Å². The monoisotopic (exact) mass is 529 g/mol. The van der Waals surface area contributed by atoms with E-state index in [4.69, 9.17) is 14.2 Å². The second-order valence-corrected chi connectivity index (χ2v) is 10.0. The average Bonchev–Trinajstić information content (AvgIpc) is 2.85. The van der Waals surface area contributed by atoms with Crippen LogP contribution in [-0.4, -0.2) is 63.4 Å². The Bertz CT molecular complexity index is 1340. The fourth-order valence-corrected chi connectivity index (χ4v) is 3.74. The molecule has 0 saturated carbocycles. The van der Waals surface area contributed by atoms with Crippen molar-refractivity contribution in [2.45, 2.75) is 24.3 Å². The molecule has 1 N–H and O–H groups in total. The van der Waals surface area contributed by atoms with E-state index in [-0.39, 0.29) is 40.6 Å². The van der Waals surface area contributed by atoms with Crippen LogP contribution in [0, 0.1) is 0 Å². The molecule has 0 spiro atoms. The topological polar surface area (TPSA) is 143 Å². The molecule has 1 atom stereocenters. The van der Waals surface area contributed by atoms with E-state index in [1.807, 2.05) is 0 Å². The minimum absolute atomic E-state index is 0.0563. The first-order chi connectivity index (χ1) is 17.6. The van der Waals surface area contributed by atoms with Gasteiger partial charge in [-0.1, -0.05) is 6.07 Å². The lowest BCUT2D eigenvalue weighted by Gasteiger charge is -2.15. The van der Waals surface area contributed by atoms with E-state index in [0.29, 0.717) is 17.9 Å². The number of hydrogen-bond donors (Lipinski definition) is 1. The molecule has 12 heteroatoms. The number of amides is 1. The summed E-state index contributed by atoms with van der Waals surface area (Å²) in [5.41, 5.74) is 0.812. The lowest BCUT2D eigenvalue weighted by molar-refractivity contribution is -0.139. The van der Waals surface area contributed by atoms with Gasteiger partial charge in [0.05, 0.1) is 30.6 Å². The number of anilines is 1. The molecule has 11 nitrogen and oxygen atoms in total. The maximum atomic E-state index is 13.0. The zero-order valence-electron chi connectivity index (χ0n) is 20.8. The number of rotatable bonds is 11. The number of aromatic nitrogens is 2. The first-order valence-electron chi connectivity index (χ1n) is 11.1. The molecule has 0 aliphatic heterocycles. The third-order valence-corrected chi connectivity index (χ3v) is 6.01. The Kier molecular flexibility index (Phi) is 9.15. The van der Waals surface area contributed by atoms with E-state index < -0.39 is 21.7 Å². The highest BCUT2D eigenvalue weighted by molar-refractivity contribution is 7.90. The summed E-state index contributed by atoms with van der Waals surface area (Å²) < 4.78 is 44.7. The SMILES string of the molecule is COC[C@@H](C)Oc1cc(C(=O)Nc2ccc(CC(=O)OC)cn2)cc(Oc2ccc(S(C)(=O)=O)cc2)n1. The highest BCUT2D eigenvalue weighted by Crippen LogP contribution is 2.26. The van der Waals surface area contributed by atoms with Gasteiger partial charge in [-0.3, -0.25) is 9.59 Å². The summed E-state index contributed by atoms with van der Waals surface area (Å²) in [6.07, 6.45) is 2.28. The van der Waals surface area contributed by atoms with Gasteiger partial charge in [-0.25, -0.2) is 13.4 Å². The summed E-state index contributed by atoms with van der Waals surface area (Å²) in [5.74, 6) is -0.135. The molecule has 196 valence electrons. The van der Waals surface area contributed by atoms with Crippen LogP contribution in [0.5, 0.6) is 17.5 Å². The zero-order chi connectivity index (χ0) is 27.0. The van der Waals surface area contributed by atoms with Crippen LogP contribution in [0.1, 0.15) is 22.8 Å². The number of ether oxygens (including phenoxy) is 4. The van der Waals surface area contributed by atoms with Crippen LogP contribution in [0.4, 0.5) is 5.82 Å². The molecule has 1 aromatic carbocycles. The van der Waals surface area contributed by atoms with Gasteiger partial charge in [0.25, 0.3) is 5.91 Å². The average molecular weight is 530 g/mol. The van der Waals surface area contributed by atoms with Crippen molar-refractivity contribution in [3.8, 4) is 17.5 Å². The zero-order valence-corrected chi connectivity index (χ0v) is 21.6. The lowest BCUT2D eigenvalue weighted by Crippen LogP contribution is -2.19. The second kappa shape index (κ2) is 12.3. The molecular weight excluding hydrogens is 502 g/mol. The third kappa shape index (κ3) is 8.26.